The molecule has 8 heteroatoms. The Kier molecular flexibility index (Phi) is 2.09. The highest BCUT2D eigenvalue weighted by Crippen LogP contribution is 2.21. The summed E-state index contributed by atoms with van der Waals surface area (Å²) in [5.41, 5.74) is -0.836. The zero-order valence-corrected chi connectivity index (χ0v) is 6.77. The first-order valence-corrected chi connectivity index (χ1v) is 4.71. The van der Waals surface area contributed by atoms with E-state index in [4.69, 9.17) is 0 Å². The van der Waals surface area contributed by atoms with Gasteiger partial charge >= 0.3 is 0 Å². The molecule has 1 rings (SSSR count). The van der Waals surface area contributed by atoms with Gasteiger partial charge < -0.3 is 0 Å². The van der Waals surface area contributed by atoms with Crippen LogP contribution in [0.4, 0.5) is 8.78 Å². The van der Waals surface area contributed by atoms with Crippen LogP contribution in [0.1, 0.15) is 12.1 Å². The van der Waals surface area contributed by atoms with Crippen molar-refractivity contribution in [1.29, 1.82) is 0 Å². The summed E-state index contributed by atoms with van der Waals surface area (Å²) >= 11 is 0. The molecule has 0 aliphatic carbocycles. The van der Waals surface area contributed by atoms with Gasteiger partial charge in [0.15, 0.2) is 15.5 Å². The standard InChI is InChI=1S/C4H5F2N3O2S/c1-12(10,11)4-2(3(5)6)7-9-8-4/h3H,1H3,(H,7,8,9). The summed E-state index contributed by atoms with van der Waals surface area (Å²) in [4.78, 5) is 0. The molecule has 0 fully saturated rings. The zero-order valence-electron chi connectivity index (χ0n) is 5.95. The Morgan fingerprint density at radius 2 is 2.00 bits per heavy atom. The number of halogens is 2. The van der Waals surface area contributed by atoms with E-state index in [9.17, 15) is 17.2 Å². The van der Waals surface area contributed by atoms with Crippen molar-refractivity contribution in [2.45, 2.75) is 11.5 Å². The van der Waals surface area contributed by atoms with Crippen molar-refractivity contribution >= 4 is 9.84 Å². The lowest BCUT2D eigenvalue weighted by atomic mass is 10.5. The lowest BCUT2D eigenvalue weighted by Crippen LogP contribution is -2.02. The number of nitrogens with one attached hydrogen (secondary N) is 1. The van der Waals surface area contributed by atoms with Crippen molar-refractivity contribution in [3.63, 3.8) is 0 Å². The quantitative estimate of drug-likeness (QED) is 0.731. The number of hydrogen-bond donors (Lipinski definition) is 1. The molecule has 0 radical (unpaired) electrons. The Balaban J connectivity index is 3.26. The molecule has 0 spiro atoms. The molecule has 0 amide bonds. The largest absolute Gasteiger partial charge is 0.285 e. The van der Waals surface area contributed by atoms with E-state index in [1.54, 1.807) is 0 Å². The Morgan fingerprint density at radius 3 is 2.33 bits per heavy atom. The molecule has 0 unspecified atom stereocenters. The Labute approximate surface area is 66.7 Å². The van der Waals surface area contributed by atoms with Gasteiger partial charge in [-0.1, -0.05) is 0 Å². The lowest BCUT2D eigenvalue weighted by molar-refractivity contribution is 0.142. The molecule has 1 N–H and O–H groups in total. The first kappa shape index (κ1) is 9.04. The van der Waals surface area contributed by atoms with Crippen LogP contribution in [-0.2, 0) is 9.84 Å². The van der Waals surface area contributed by atoms with Crippen molar-refractivity contribution in [3.8, 4) is 0 Å². The van der Waals surface area contributed by atoms with E-state index in [1.165, 1.54) is 0 Å². The van der Waals surface area contributed by atoms with E-state index in [2.05, 4.69) is 10.2 Å². The third-order valence-electron chi connectivity index (χ3n) is 1.10. The Bertz CT molecular complexity index is 371. The second-order valence-corrected chi connectivity index (χ2v) is 4.02. The third-order valence-corrected chi connectivity index (χ3v) is 2.10. The maximum atomic E-state index is 12.0. The first-order valence-electron chi connectivity index (χ1n) is 2.82. The van der Waals surface area contributed by atoms with Crippen LogP contribution < -0.4 is 0 Å². The van der Waals surface area contributed by atoms with Crippen molar-refractivity contribution in [3.05, 3.63) is 5.69 Å². The third kappa shape index (κ3) is 1.58. The molecule has 0 bridgehead atoms. The minimum atomic E-state index is -3.72. The Morgan fingerprint density at radius 1 is 1.42 bits per heavy atom. The fourth-order valence-electron chi connectivity index (χ4n) is 0.644. The van der Waals surface area contributed by atoms with Gasteiger partial charge in [0.05, 0.1) is 0 Å². The van der Waals surface area contributed by atoms with Crippen molar-refractivity contribution in [2.24, 2.45) is 0 Å². The van der Waals surface area contributed by atoms with Gasteiger partial charge in [0, 0.05) is 6.26 Å². The molecule has 1 heterocycles. The summed E-state index contributed by atoms with van der Waals surface area (Å²) in [6.45, 7) is 0. The normalized spacial score (nSPS) is 12.3. The number of sulfone groups is 1. The van der Waals surface area contributed by atoms with Crippen LogP contribution in [0, 0.1) is 0 Å². The van der Waals surface area contributed by atoms with Crippen LogP contribution in [0.2, 0.25) is 0 Å². The summed E-state index contributed by atoms with van der Waals surface area (Å²) in [5.74, 6) is 0. The summed E-state index contributed by atoms with van der Waals surface area (Å²) in [6.07, 6.45) is -2.15. The number of aromatic nitrogens is 3. The smallest absolute Gasteiger partial charge is 0.222 e. The highest BCUT2D eigenvalue weighted by molar-refractivity contribution is 7.90. The Hall–Kier alpha value is -1.05. The van der Waals surface area contributed by atoms with E-state index < -0.39 is 27.0 Å². The maximum Gasteiger partial charge on any atom is 0.285 e. The van der Waals surface area contributed by atoms with Gasteiger partial charge in [0.2, 0.25) is 5.03 Å². The van der Waals surface area contributed by atoms with Gasteiger partial charge in [-0.05, 0) is 0 Å². The molecule has 68 valence electrons. The van der Waals surface area contributed by atoms with Gasteiger partial charge in [0.1, 0.15) is 0 Å². The minimum absolute atomic E-state index is 0.697. The minimum Gasteiger partial charge on any atom is -0.222 e. The van der Waals surface area contributed by atoms with Crippen LogP contribution in [0.15, 0.2) is 5.03 Å². The predicted octanol–water partition coefficient (Wildman–Crippen LogP) is 0.146. The number of nitrogens with zero attached hydrogens (tertiary/aromatic N) is 2. The second kappa shape index (κ2) is 2.77. The van der Waals surface area contributed by atoms with E-state index in [0.717, 1.165) is 6.26 Å². The van der Waals surface area contributed by atoms with Gasteiger partial charge in [-0.25, -0.2) is 17.2 Å². The van der Waals surface area contributed by atoms with Crippen LogP contribution in [0.5, 0.6) is 0 Å². The van der Waals surface area contributed by atoms with E-state index in [0.29, 0.717) is 0 Å². The number of hydrogen-bond acceptors (Lipinski definition) is 4. The summed E-state index contributed by atoms with van der Waals surface area (Å²) < 4.78 is 45.5. The summed E-state index contributed by atoms with van der Waals surface area (Å²) in [7, 11) is -3.72. The predicted molar refractivity (Wildman–Crippen MR) is 34.4 cm³/mol. The molecule has 0 aromatic carbocycles. The molecule has 1 aromatic heterocycles. The number of rotatable bonds is 2. The number of aromatic amines is 1. The van der Waals surface area contributed by atoms with Gasteiger partial charge in [0.25, 0.3) is 6.43 Å². The average Bonchev–Trinajstić information content (AvgIpc) is 2.30. The molecular weight excluding hydrogens is 192 g/mol. The molecule has 12 heavy (non-hydrogen) atoms. The van der Waals surface area contributed by atoms with Crippen molar-refractivity contribution in [2.75, 3.05) is 6.26 Å². The molecular formula is C4H5F2N3O2S. The number of alkyl halides is 2. The summed E-state index contributed by atoms with van der Waals surface area (Å²) in [5, 5.41) is 7.25. The van der Waals surface area contributed by atoms with Crippen LogP contribution in [0.3, 0.4) is 0 Å². The van der Waals surface area contributed by atoms with Gasteiger partial charge in [-0.2, -0.15) is 10.3 Å². The van der Waals surface area contributed by atoms with Crippen LogP contribution >= 0.6 is 0 Å². The monoisotopic (exact) mass is 197 g/mol. The van der Waals surface area contributed by atoms with E-state index in [-0.39, 0.29) is 0 Å². The molecule has 0 aliphatic heterocycles. The molecule has 5 nitrogen and oxygen atoms in total. The first-order chi connectivity index (χ1) is 5.43. The van der Waals surface area contributed by atoms with Gasteiger partial charge in [-0.3, -0.25) is 0 Å². The average molecular weight is 197 g/mol. The SMILES string of the molecule is CS(=O)(=O)c1n[nH]nc1C(F)F. The highest BCUT2D eigenvalue weighted by atomic mass is 32.2. The van der Waals surface area contributed by atoms with Crippen LogP contribution in [0.25, 0.3) is 0 Å². The summed E-state index contributed by atoms with van der Waals surface area (Å²) in [6, 6.07) is 0. The zero-order chi connectivity index (χ0) is 9.35. The fraction of sp³-hybridized carbons (Fsp3) is 0.500. The molecule has 0 aliphatic rings. The molecule has 0 saturated heterocycles. The molecule has 1 aromatic rings. The second-order valence-electron chi connectivity index (χ2n) is 2.09. The van der Waals surface area contributed by atoms with Crippen molar-refractivity contribution in [1.82, 2.24) is 15.4 Å². The molecule has 0 atom stereocenters. The van der Waals surface area contributed by atoms with E-state index in [1.807, 2.05) is 5.21 Å². The van der Waals surface area contributed by atoms with Crippen molar-refractivity contribution < 1.29 is 17.2 Å². The van der Waals surface area contributed by atoms with E-state index >= 15 is 0 Å². The fourth-order valence-corrected chi connectivity index (χ4v) is 1.37. The lowest BCUT2D eigenvalue weighted by Gasteiger charge is -1.94. The molecule has 0 saturated carbocycles. The van der Waals surface area contributed by atoms with Gasteiger partial charge in [-0.15, -0.1) is 5.10 Å². The topological polar surface area (TPSA) is 75.7 Å². The highest BCUT2D eigenvalue weighted by Gasteiger charge is 2.24. The number of H-pyrrole nitrogens is 1. The maximum absolute atomic E-state index is 12.0. The van der Waals surface area contributed by atoms with Crippen LogP contribution in [-0.4, -0.2) is 30.1 Å².